The van der Waals surface area contributed by atoms with Crippen LogP contribution in [0, 0.1) is 0 Å². The number of sulfonamides is 1. The number of rotatable bonds is 6. The van der Waals surface area contributed by atoms with Crippen LogP contribution in [0.4, 0.5) is 13.2 Å². The number of halogens is 3. The van der Waals surface area contributed by atoms with Crippen molar-refractivity contribution in [3.8, 4) is 0 Å². The molecule has 0 atom stereocenters. The number of carboxylic acid groups (broad SMARTS) is 1. The molecule has 0 unspecified atom stereocenters. The lowest BCUT2D eigenvalue weighted by Crippen LogP contribution is -2.29. The average molecular weight is 316 g/mol. The van der Waals surface area contributed by atoms with Crippen LogP contribution >= 0.6 is 0 Å². The SMILES string of the molecule is CCn1cc(S(=O)(=O)NOCC(F)(F)F)cc1C(=O)O. The lowest BCUT2D eigenvalue weighted by molar-refractivity contribution is -0.181. The number of hydrogen-bond acceptors (Lipinski definition) is 4. The maximum Gasteiger partial charge on any atom is 0.413 e. The molecule has 1 rings (SSSR count). The van der Waals surface area contributed by atoms with Crippen molar-refractivity contribution in [1.82, 2.24) is 9.45 Å². The van der Waals surface area contributed by atoms with E-state index in [-0.39, 0.29) is 12.2 Å². The lowest BCUT2D eigenvalue weighted by Gasteiger charge is -2.07. The summed E-state index contributed by atoms with van der Waals surface area (Å²) >= 11 is 0. The maximum atomic E-state index is 11.8. The second kappa shape index (κ2) is 5.81. The molecule has 1 aromatic heterocycles. The minimum atomic E-state index is -4.69. The zero-order chi connectivity index (χ0) is 15.6. The van der Waals surface area contributed by atoms with Crippen LogP contribution in [-0.2, 0) is 21.4 Å². The first-order valence-corrected chi connectivity index (χ1v) is 6.69. The minimum absolute atomic E-state index is 0.181. The molecule has 0 fully saturated rings. The average Bonchev–Trinajstić information content (AvgIpc) is 2.71. The number of aryl methyl sites for hydroxylation is 1. The van der Waals surface area contributed by atoms with Gasteiger partial charge in [-0.1, -0.05) is 4.89 Å². The molecule has 0 aromatic carbocycles. The number of aromatic nitrogens is 1. The van der Waals surface area contributed by atoms with Gasteiger partial charge in [-0.2, -0.15) is 13.2 Å². The fourth-order valence-corrected chi connectivity index (χ4v) is 2.15. The van der Waals surface area contributed by atoms with Gasteiger partial charge in [-0.05, 0) is 13.0 Å². The van der Waals surface area contributed by atoms with Crippen LogP contribution in [0.1, 0.15) is 17.4 Å². The smallest absolute Gasteiger partial charge is 0.413 e. The third kappa shape index (κ3) is 4.21. The van der Waals surface area contributed by atoms with Gasteiger partial charge >= 0.3 is 12.1 Å². The number of aromatic carboxylic acids is 1. The third-order valence-electron chi connectivity index (χ3n) is 2.15. The van der Waals surface area contributed by atoms with Gasteiger partial charge in [0.15, 0.2) is 6.61 Å². The molecule has 0 bridgehead atoms. The van der Waals surface area contributed by atoms with Crippen LogP contribution < -0.4 is 4.89 Å². The fourth-order valence-electron chi connectivity index (χ4n) is 1.31. The summed E-state index contributed by atoms with van der Waals surface area (Å²) in [5, 5.41) is 8.84. The Hall–Kier alpha value is -1.59. The Kier molecular flexibility index (Phi) is 4.78. The van der Waals surface area contributed by atoms with Gasteiger partial charge in [-0.25, -0.2) is 13.2 Å². The molecule has 0 aliphatic carbocycles. The van der Waals surface area contributed by atoms with E-state index in [1.807, 2.05) is 0 Å². The second-order valence-corrected chi connectivity index (χ2v) is 5.29. The number of carbonyl (C=O) groups is 1. The Labute approximate surface area is 112 Å². The van der Waals surface area contributed by atoms with Crippen LogP contribution in [0.15, 0.2) is 17.2 Å². The summed E-state index contributed by atoms with van der Waals surface area (Å²) in [5.41, 5.74) is -0.302. The molecule has 2 N–H and O–H groups in total. The van der Waals surface area contributed by atoms with E-state index in [2.05, 4.69) is 4.84 Å². The molecule has 7 nitrogen and oxygen atoms in total. The lowest BCUT2D eigenvalue weighted by atomic mass is 10.4. The van der Waals surface area contributed by atoms with Crippen molar-refractivity contribution in [2.75, 3.05) is 6.61 Å². The van der Waals surface area contributed by atoms with E-state index < -0.39 is 33.7 Å². The Morgan fingerprint density at radius 2 is 2.10 bits per heavy atom. The van der Waals surface area contributed by atoms with E-state index in [1.54, 1.807) is 6.92 Å². The van der Waals surface area contributed by atoms with E-state index in [9.17, 15) is 26.4 Å². The summed E-state index contributed by atoms with van der Waals surface area (Å²) in [5.74, 6) is -1.36. The molecular weight excluding hydrogens is 305 g/mol. The van der Waals surface area contributed by atoms with Crippen LogP contribution in [0.5, 0.6) is 0 Å². The molecular formula is C9H11F3N2O5S. The van der Waals surface area contributed by atoms with Crippen LogP contribution in [-0.4, -0.2) is 36.8 Å². The summed E-state index contributed by atoms with van der Waals surface area (Å²) in [4.78, 5) is 15.5. The quantitative estimate of drug-likeness (QED) is 0.762. The van der Waals surface area contributed by atoms with Gasteiger partial charge in [0, 0.05) is 12.7 Å². The molecule has 11 heteroatoms. The number of alkyl halides is 3. The molecule has 0 aliphatic heterocycles. The number of hydrogen-bond donors (Lipinski definition) is 2. The van der Waals surface area contributed by atoms with Gasteiger partial charge in [0.05, 0.1) is 0 Å². The highest BCUT2D eigenvalue weighted by atomic mass is 32.2. The number of carboxylic acids is 1. The van der Waals surface area contributed by atoms with Crippen molar-refractivity contribution < 1.29 is 36.3 Å². The topological polar surface area (TPSA) is 97.6 Å². The summed E-state index contributed by atoms with van der Waals surface area (Å²) in [6, 6.07) is 0.825. The normalized spacial score (nSPS) is 12.6. The van der Waals surface area contributed by atoms with Gasteiger partial charge < -0.3 is 9.67 Å². The Morgan fingerprint density at radius 1 is 1.50 bits per heavy atom. The largest absolute Gasteiger partial charge is 0.477 e. The molecule has 1 aromatic rings. The van der Waals surface area contributed by atoms with Crippen molar-refractivity contribution in [3.63, 3.8) is 0 Å². The molecule has 0 radical (unpaired) electrons. The Morgan fingerprint density at radius 3 is 2.50 bits per heavy atom. The van der Waals surface area contributed by atoms with Gasteiger partial charge in [0.25, 0.3) is 10.0 Å². The standard InChI is InChI=1S/C9H11F3N2O5S/c1-2-14-4-6(3-7(14)8(15)16)20(17,18)13-19-5-9(10,11)12/h3-4,13H,2,5H2,1H3,(H,15,16). The van der Waals surface area contributed by atoms with Crippen LogP contribution in [0.3, 0.4) is 0 Å². The zero-order valence-electron chi connectivity index (χ0n) is 10.1. The number of nitrogens with zero attached hydrogens (tertiary/aromatic N) is 1. The molecule has 0 aliphatic rings. The van der Waals surface area contributed by atoms with Gasteiger partial charge in [0.2, 0.25) is 0 Å². The first kappa shape index (κ1) is 16.5. The molecule has 114 valence electrons. The van der Waals surface area contributed by atoms with Crippen molar-refractivity contribution in [2.24, 2.45) is 0 Å². The molecule has 0 saturated carbocycles. The van der Waals surface area contributed by atoms with E-state index >= 15 is 0 Å². The van der Waals surface area contributed by atoms with Crippen molar-refractivity contribution in [2.45, 2.75) is 24.5 Å². The second-order valence-electron chi connectivity index (χ2n) is 3.64. The van der Waals surface area contributed by atoms with Crippen LogP contribution in [0.25, 0.3) is 0 Å². The summed E-state index contributed by atoms with van der Waals surface area (Å²) < 4.78 is 59.8. The third-order valence-corrected chi connectivity index (χ3v) is 3.33. The Balaban J connectivity index is 2.90. The van der Waals surface area contributed by atoms with E-state index in [1.165, 1.54) is 4.89 Å². The monoisotopic (exact) mass is 316 g/mol. The first-order valence-electron chi connectivity index (χ1n) is 5.20. The van der Waals surface area contributed by atoms with Crippen molar-refractivity contribution in [3.05, 3.63) is 18.0 Å². The predicted molar refractivity (Wildman–Crippen MR) is 59.4 cm³/mol. The minimum Gasteiger partial charge on any atom is -0.477 e. The molecule has 0 amide bonds. The summed E-state index contributed by atoms with van der Waals surface area (Å²) in [7, 11) is -4.38. The van der Waals surface area contributed by atoms with Crippen molar-refractivity contribution in [1.29, 1.82) is 0 Å². The van der Waals surface area contributed by atoms with Crippen LogP contribution in [0.2, 0.25) is 0 Å². The molecule has 1 heterocycles. The highest BCUT2D eigenvalue weighted by molar-refractivity contribution is 7.89. The summed E-state index contributed by atoms with van der Waals surface area (Å²) in [6.07, 6.45) is -3.70. The maximum absolute atomic E-state index is 11.8. The Bertz CT molecular complexity index is 593. The highest BCUT2D eigenvalue weighted by Gasteiger charge is 2.29. The van der Waals surface area contributed by atoms with Gasteiger partial charge in [-0.3, -0.25) is 4.84 Å². The van der Waals surface area contributed by atoms with Gasteiger partial charge in [-0.15, -0.1) is 0 Å². The number of nitrogens with one attached hydrogen (secondary N) is 1. The zero-order valence-corrected chi connectivity index (χ0v) is 11.0. The van der Waals surface area contributed by atoms with Crippen molar-refractivity contribution >= 4 is 16.0 Å². The molecule has 20 heavy (non-hydrogen) atoms. The first-order chi connectivity index (χ1) is 9.07. The molecule has 0 spiro atoms. The predicted octanol–water partition coefficient (Wildman–Crippen LogP) is 0.978. The molecule has 0 saturated heterocycles. The van der Waals surface area contributed by atoms with E-state index in [4.69, 9.17) is 5.11 Å². The van der Waals surface area contributed by atoms with E-state index in [0.29, 0.717) is 0 Å². The highest BCUT2D eigenvalue weighted by Crippen LogP contribution is 2.17. The fraction of sp³-hybridized carbons (Fsp3) is 0.444. The van der Waals surface area contributed by atoms with E-state index in [0.717, 1.165) is 16.8 Å². The van der Waals surface area contributed by atoms with Gasteiger partial charge in [0.1, 0.15) is 10.6 Å². The summed E-state index contributed by atoms with van der Waals surface area (Å²) in [6.45, 7) is -0.0382.